The van der Waals surface area contributed by atoms with Gasteiger partial charge in [0.1, 0.15) is 0 Å². The minimum atomic E-state index is -0.326. The van der Waals surface area contributed by atoms with Crippen LogP contribution in [0.5, 0.6) is 0 Å². The summed E-state index contributed by atoms with van der Waals surface area (Å²) >= 11 is 0. The Kier molecular flexibility index (Phi) is 6.02. The SMILES string of the molecule is CC[C@H]1CN(C(=O)OC(C)C)CCC(=O)N1Cc1ccccc1. The maximum atomic E-state index is 12.5. The van der Waals surface area contributed by atoms with Gasteiger partial charge in [-0.3, -0.25) is 4.79 Å². The molecule has 0 unspecified atom stereocenters. The largest absolute Gasteiger partial charge is 0.447 e. The lowest BCUT2D eigenvalue weighted by Crippen LogP contribution is -2.44. The Bertz CT molecular complexity index is 530. The van der Waals surface area contributed by atoms with Crippen molar-refractivity contribution in [3.8, 4) is 0 Å². The summed E-state index contributed by atoms with van der Waals surface area (Å²) in [6, 6.07) is 9.99. The topological polar surface area (TPSA) is 49.9 Å². The normalized spacial score (nSPS) is 19.0. The molecule has 2 amide bonds. The summed E-state index contributed by atoms with van der Waals surface area (Å²) in [4.78, 5) is 28.3. The van der Waals surface area contributed by atoms with Gasteiger partial charge in [0.05, 0.1) is 6.10 Å². The zero-order chi connectivity index (χ0) is 16.8. The molecule has 1 aliphatic rings. The fraction of sp³-hybridized carbons (Fsp3) is 0.556. The Balaban J connectivity index is 2.11. The second-order valence-electron chi connectivity index (χ2n) is 6.20. The zero-order valence-corrected chi connectivity index (χ0v) is 14.2. The van der Waals surface area contributed by atoms with Gasteiger partial charge in [-0.05, 0) is 25.8 Å². The third-order valence-electron chi connectivity index (χ3n) is 4.05. The molecule has 1 saturated heterocycles. The second kappa shape index (κ2) is 7.99. The van der Waals surface area contributed by atoms with Crippen molar-refractivity contribution in [1.29, 1.82) is 0 Å². The fourth-order valence-corrected chi connectivity index (χ4v) is 2.81. The molecule has 5 nitrogen and oxygen atoms in total. The van der Waals surface area contributed by atoms with Crippen LogP contribution in [-0.4, -0.2) is 47.0 Å². The van der Waals surface area contributed by atoms with Crippen LogP contribution in [0.15, 0.2) is 30.3 Å². The first-order chi connectivity index (χ1) is 11.0. The molecular weight excluding hydrogens is 292 g/mol. The van der Waals surface area contributed by atoms with Crippen LogP contribution in [0.4, 0.5) is 4.79 Å². The summed E-state index contributed by atoms with van der Waals surface area (Å²) in [5.74, 6) is 0.0977. The summed E-state index contributed by atoms with van der Waals surface area (Å²) in [7, 11) is 0. The van der Waals surface area contributed by atoms with Gasteiger partial charge < -0.3 is 14.5 Å². The van der Waals surface area contributed by atoms with E-state index in [1.54, 1.807) is 4.90 Å². The highest BCUT2D eigenvalue weighted by atomic mass is 16.6. The number of carbonyl (C=O) groups is 2. The summed E-state index contributed by atoms with van der Waals surface area (Å²) in [6.07, 6.45) is 0.676. The van der Waals surface area contributed by atoms with Gasteiger partial charge >= 0.3 is 6.09 Å². The van der Waals surface area contributed by atoms with Crippen LogP contribution in [-0.2, 0) is 16.1 Å². The monoisotopic (exact) mass is 318 g/mol. The van der Waals surface area contributed by atoms with Crippen molar-refractivity contribution in [3.63, 3.8) is 0 Å². The van der Waals surface area contributed by atoms with E-state index in [0.29, 0.717) is 26.1 Å². The van der Waals surface area contributed by atoms with Crippen molar-refractivity contribution in [1.82, 2.24) is 9.80 Å². The van der Waals surface area contributed by atoms with Gasteiger partial charge in [0, 0.05) is 32.1 Å². The molecular formula is C18H26N2O3. The maximum Gasteiger partial charge on any atom is 0.410 e. The second-order valence-corrected chi connectivity index (χ2v) is 6.20. The minimum absolute atomic E-state index is 0.0184. The average Bonchev–Trinajstić information content (AvgIpc) is 2.68. The van der Waals surface area contributed by atoms with Crippen LogP contribution in [0.1, 0.15) is 39.2 Å². The molecule has 1 atom stereocenters. The smallest absolute Gasteiger partial charge is 0.410 e. The number of rotatable bonds is 4. The number of hydrogen-bond donors (Lipinski definition) is 0. The molecule has 0 spiro atoms. The molecule has 23 heavy (non-hydrogen) atoms. The number of hydrogen-bond acceptors (Lipinski definition) is 3. The van der Waals surface area contributed by atoms with Crippen molar-refractivity contribution >= 4 is 12.0 Å². The Morgan fingerprint density at radius 1 is 1.30 bits per heavy atom. The predicted molar refractivity (Wildman–Crippen MR) is 88.9 cm³/mol. The quantitative estimate of drug-likeness (QED) is 0.857. The lowest BCUT2D eigenvalue weighted by Gasteiger charge is -2.31. The highest BCUT2D eigenvalue weighted by Gasteiger charge is 2.31. The van der Waals surface area contributed by atoms with E-state index in [-0.39, 0.29) is 24.1 Å². The molecule has 1 aromatic rings. The molecule has 0 N–H and O–H groups in total. The van der Waals surface area contributed by atoms with Crippen molar-refractivity contribution in [2.45, 2.75) is 52.3 Å². The van der Waals surface area contributed by atoms with E-state index >= 15 is 0 Å². The van der Waals surface area contributed by atoms with Gasteiger partial charge in [0.2, 0.25) is 5.91 Å². The lowest BCUT2D eigenvalue weighted by atomic mass is 10.1. The molecule has 0 radical (unpaired) electrons. The fourth-order valence-electron chi connectivity index (χ4n) is 2.81. The molecule has 1 aromatic carbocycles. The van der Waals surface area contributed by atoms with Crippen LogP contribution < -0.4 is 0 Å². The Hall–Kier alpha value is -2.04. The first kappa shape index (κ1) is 17.3. The molecule has 0 aliphatic carbocycles. The molecule has 126 valence electrons. The van der Waals surface area contributed by atoms with Crippen molar-refractivity contribution in [2.24, 2.45) is 0 Å². The van der Waals surface area contributed by atoms with Crippen LogP contribution in [0, 0.1) is 0 Å². The predicted octanol–water partition coefficient (Wildman–Crippen LogP) is 3.04. The summed E-state index contributed by atoms with van der Waals surface area (Å²) in [5, 5.41) is 0. The lowest BCUT2D eigenvalue weighted by molar-refractivity contribution is -0.133. The number of carbonyl (C=O) groups excluding carboxylic acids is 2. The number of benzene rings is 1. The number of amides is 2. The highest BCUT2D eigenvalue weighted by Crippen LogP contribution is 2.18. The first-order valence-electron chi connectivity index (χ1n) is 8.30. The van der Waals surface area contributed by atoms with Gasteiger partial charge in [0.15, 0.2) is 0 Å². The number of nitrogens with zero attached hydrogens (tertiary/aromatic N) is 2. The van der Waals surface area contributed by atoms with Crippen molar-refractivity contribution in [3.05, 3.63) is 35.9 Å². The summed E-state index contributed by atoms with van der Waals surface area (Å²) in [5.41, 5.74) is 1.11. The first-order valence-corrected chi connectivity index (χ1v) is 8.30. The summed E-state index contributed by atoms with van der Waals surface area (Å²) in [6.45, 7) is 7.26. The molecule has 0 bridgehead atoms. The highest BCUT2D eigenvalue weighted by molar-refractivity contribution is 5.78. The summed E-state index contributed by atoms with van der Waals surface area (Å²) < 4.78 is 5.28. The van der Waals surface area contributed by atoms with Gasteiger partial charge in [-0.15, -0.1) is 0 Å². The Morgan fingerprint density at radius 3 is 2.61 bits per heavy atom. The zero-order valence-electron chi connectivity index (χ0n) is 14.2. The van der Waals surface area contributed by atoms with Crippen molar-refractivity contribution in [2.75, 3.05) is 13.1 Å². The molecule has 0 saturated carbocycles. The van der Waals surface area contributed by atoms with Crippen LogP contribution >= 0.6 is 0 Å². The van der Waals surface area contributed by atoms with Crippen molar-refractivity contribution < 1.29 is 14.3 Å². The van der Waals surface area contributed by atoms with E-state index < -0.39 is 0 Å². The maximum absolute atomic E-state index is 12.5. The third kappa shape index (κ3) is 4.71. The van der Waals surface area contributed by atoms with Gasteiger partial charge in [-0.1, -0.05) is 37.3 Å². The van der Waals surface area contributed by atoms with Gasteiger partial charge in [-0.25, -0.2) is 4.79 Å². The van der Waals surface area contributed by atoms with Crippen LogP contribution in [0.2, 0.25) is 0 Å². The van der Waals surface area contributed by atoms with E-state index in [9.17, 15) is 9.59 Å². The average molecular weight is 318 g/mol. The van der Waals surface area contributed by atoms with Gasteiger partial charge in [0.25, 0.3) is 0 Å². The number of ether oxygens (including phenoxy) is 1. The third-order valence-corrected chi connectivity index (χ3v) is 4.05. The van der Waals surface area contributed by atoms with E-state index in [4.69, 9.17) is 4.74 Å². The molecule has 1 aliphatic heterocycles. The van der Waals surface area contributed by atoms with Crippen LogP contribution in [0.25, 0.3) is 0 Å². The van der Waals surface area contributed by atoms with E-state index in [2.05, 4.69) is 0 Å². The van der Waals surface area contributed by atoms with E-state index in [1.807, 2.05) is 56.0 Å². The van der Waals surface area contributed by atoms with E-state index in [1.165, 1.54) is 0 Å². The Morgan fingerprint density at radius 2 is 2.00 bits per heavy atom. The Labute approximate surface area is 138 Å². The molecule has 1 fully saturated rings. The standard InChI is InChI=1S/C18H26N2O3/c1-4-16-13-19(18(22)23-14(2)3)11-10-17(21)20(16)12-15-8-6-5-7-9-15/h5-9,14,16H,4,10-13H2,1-3H3/t16-/m0/s1. The minimum Gasteiger partial charge on any atom is -0.447 e. The molecule has 2 rings (SSSR count). The van der Waals surface area contributed by atoms with Gasteiger partial charge in [-0.2, -0.15) is 0 Å². The molecule has 1 heterocycles. The molecule has 0 aromatic heterocycles. The van der Waals surface area contributed by atoms with Crippen LogP contribution in [0.3, 0.4) is 0 Å². The molecule has 5 heteroatoms. The van der Waals surface area contributed by atoms with E-state index in [0.717, 1.165) is 12.0 Å².